The second-order valence-electron chi connectivity index (χ2n) is 14.6. The van der Waals surface area contributed by atoms with E-state index in [1.165, 1.54) is 12.1 Å². The second-order valence-corrected chi connectivity index (χ2v) is 18.5. The number of benzene rings is 4. The first-order chi connectivity index (χ1) is 25.9. The summed E-state index contributed by atoms with van der Waals surface area (Å²) in [4.78, 5) is 52.4. The first-order valence-electron chi connectivity index (χ1n) is 17.9. The molecule has 0 saturated carbocycles. The summed E-state index contributed by atoms with van der Waals surface area (Å²) in [6.45, 7) is 5.92. The third kappa shape index (κ3) is 6.84. The number of nitro benzene ring substituents is 1. The number of hydrogen-bond donors (Lipinski definition) is 3. The van der Waals surface area contributed by atoms with E-state index in [1.807, 2.05) is 68.5 Å². The van der Waals surface area contributed by atoms with Gasteiger partial charge in [0.1, 0.15) is 0 Å². The van der Waals surface area contributed by atoms with Gasteiger partial charge < -0.3 is 24.9 Å². The lowest BCUT2D eigenvalue weighted by atomic mass is 9.82. The Morgan fingerprint density at radius 2 is 1.72 bits per heavy atom. The highest BCUT2D eigenvalue weighted by molar-refractivity contribution is 6.71. The number of rotatable bonds is 12. The van der Waals surface area contributed by atoms with Crippen molar-refractivity contribution in [1.82, 2.24) is 15.0 Å². The molecule has 0 bridgehead atoms. The maximum Gasteiger partial charge on any atom is 0.269 e. The molecule has 1 spiro atoms. The number of aliphatic hydroxyl groups is 1. The van der Waals surface area contributed by atoms with Crippen LogP contribution in [0.5, 0.6) is 0 Å². The molecule has 3 N–H and O–H groups in total. The van der Waals surface area contributed by atoms with Crippen LogP contribution in [0, 0.1) is 16.0 Å². The van der Waals surface area contributed by atoms with Crippen molar-refractivity contribution in [3.63, 3.8) is 0 Å². The van der Waals surface area contributed by atoms with Gasteiger partial charge in [0.25, 0.3) is 17.5 Å². The molecule has 2 aliphatic heterocycles. The SMILES string of the molecule is C[C@@H]1[C@@H]([Si](C)(C)O)[C@H](CCn2cc(C(CO)c3ccccc3)nn2)O[C@@]12C(=O)N(Cc1ccc(NC(=O)c3ccccc3)cc1)c1ccc([N+](=O)[O-])cc12. The molecule has 3 heterocycles. The molecule has 2 amide bonds. The Labute approximate surface area is 313 Å². The number of non-ortho nitro benzene ring substituents is 1. The lowest BCUT2D eigenvalue weighted by Gasteiger charge is -2.32. The minimum atomic E-state index is -3.01. The predicted octanol–water partition coefficient (Wildman–Crippen LogP) is 6.00. The number of anilines is 2. The fourth-order valence-corrected chi connectivity index (χ4v) is 10.8. The van der Waals surface area contributed by atoms with Gasteiger partial charge in [0.2, 0.25) is 0 Å². The first-order valence-corrected chi connectivity index (χ1v) is 21.0. The van der Waals surface area contributed by atoms with E-state index in [2.05, 4.69) is 15.6 Å². The largest absolute Gasteiger partial charge is 0.432 e. The number of carbonyl (C=O) groups is 2. The maximum absolute atomic E-state index is 14.8. The zero-order valence-electron chi connectivity index (χ0n) is 30.2. The number of nitrogens with zero attached hydrogens (tertiary/aromatic N) is 5. The first kappa shape index (κ1) is 36.8. The molecule has 2 aliphatic rings. The highest BCUT2D eigenvalue weighted by atomic mass is 28.4. The standard InChI is InChI=1S/C40H42N6O7Si/c1-26-37(54(2,3)52)36(20-21-44-24-34(42-43-44)32(25-47)28-10-6-4-7-11-28)53-40(26)33-22-31(46(50)51)18-19-35(33)45(39(40)49)23-27-14-16-30(17-15-27)41-38(48)29-12-8-5-9-13-29/h4-19,22,24,26,32,36-37,47,52H,20-21,23,25H2,1-3H3,(H,41,48)/t26-,32?,36+,37-,40+/m1/s1. The van der Waals surface area contributed by atoms with Crippen molar-refractivity contribution in [3.05, 3.63) is 147 Å². The van der Waals surface area contributed by atoms with E-state index in [-0.39, 0.29) is 36.6 Å². The second kappa shape index (κ2) is 14.7. The van der Waals surface area contributed by atoms with Gasteiger partial charge >= 0.3 is 0 Å². The third-order valence-corrected chi connectivity index (χ3v) is 13.2. The average Bonchev–Trinajstić information content (AvgIpc) is 3.82. The van der Waals surface area contributed by atoms with Crippen molar-refractivity contribution >= 4 is 37.2 Å². The van der Waals surface area contributed by atoms with Crippen LogP contribution in [0.25, 0.3) is 0 Å². The topological polar surface area (TPSA) is 173 Å². The summed E-state index contributed by atoms with van der Waals surface area (Å²) >= 11 is 0. The van der Waals surface area contributed by atoms with E-state index in [4.69, 9.17) is 4.74 Å². The summed E-state index contributed by atoms with van der Waals surface area (Å²) < 4.78 is 8.56. The fourth-order valence-electron chi connectivity index (χ4n) is 8.17. The van der Waals surface area contributed by atoms with Gasteiger partial charge in [-0.1, -0.05) is 72.8 Å². The van der Waals surface area contributed by atoms with Gasteiger partial charge in [0.05, 0.1) is 41.5 Å². The van der Waals surface area contributed by atoms with E-state index in [9.17, 15) is 29.6 Å². The number of carbonyl (C=O) groups excluding carboxylic acids is 2. The summed E-state index contributed by atoms with van der Waals surface area (Å²) in [5.41, 5.74) is 2.20. The predicted molar refractivity (Wildman–Crippen MR) is 204 cm³/mol. The highest BCUT2D eigenvalue weighted by Crippen LogP contribution is 2.60. The number of nitrogens with one attached hydrogen (secondary N) is 1. The summed E-state index contributed by atoms with van der Waals surface area (Å²) in [6.07, 6.45) is 1.60. The van der Waals surface area contributed by atoms with Gasteiger partial charge in [-0.3, -0.25) is 24.4 Å². The summed E-state index contributed by atoms with van der Waals surface area (Å²) in [6, 6.07) is 30.0. The smallest absolute Gasteiger partial charge is 0.269 e. The van der Waals surface area contributed by atoms with Gasteiger partial charge in [-0.25, -0.2) is 0 Å². The molecular formula is C40H42N6O7Si. The molecule has 0 aliphatic carbocycles. The molecule has 278 valence electrons. The Morgan fingerprint density at radius 3 is 2.37 bits per heavy atom. The maximum atomic E-state index is 14.8. The van der Waals surface area contributed by atoms with Crippen molar-refractivity contribution in [3.8, 4) is 0 Å². The van der Waals surface area contributed by atoms with Crippen LogP contribution in [0.1, 0.15) is 52.0 Å². The van der Waals surface area contributed by atoms with Crippen molar-refractivity contribution in [2.45, 2.75) is 62.7 Å². The number of aryl methyl sites for hydroxylation is 1. The van der Waals surface area contributed by atoms with Gasteiger partial charge in [-0.15, -0.1) is 5.10 Å². The van der Waals surface area contributed by atoms with Gasteiger partial charge in [-0.2, -0.15) is 0 Å². The minimum Gasteiger partial charge on any atom is -0.432 e. The molecule has 1 fully saturated rings. The number of amides is 2. The Hall–Kier alpha value is -5.54. The Balaban J connectivity index is 1.16. The van der Waals surface area contributed by atoms with Gasteiger partial charge in [-0.05, 0) is 61.0 Å². The molecule has 54 heavy (non-hydrogen) atoms. The van der Waals surface area contributed by atoms with Crippen LogP contribution in [-0.2, 0) is 28.2 Å². The normalized spacial score (nSPS) is 21.3. The van der Waals surface area contributed by atoms with Gasteiger partial charge in [0, 0.05) is 53.1 Å². The summed E-state index contributed by atoms with van der Waals surface area (Å²) in [5, 5.41) is 33.7. The van der Waals surface area contributed by atoms with E-state index < -0.39 is 36.4 Å². The fraction of sp³-hybridized carbons (Fsp3) is 0.300. The molecule has 5 aromatic rings. The van der Waals surface area contributed by atoms with Crippen molar-refractivity contribution in [2.75, 3.05) is 16.8 Å². The highest BCUT2D eigenvalue weighted by Gasteiger charge is 2.66. The Bertz CT molecular complexity index is 2160. The van der Waals surface area contributed by atoms with E-state index in [1.54, 1.807) is 58.2 Å². The number of nitro groups is 1. The monoisotopic (exact) mass is 746 g/mol. The van der Waals surface area contributed by atoms with E-state index in [0.717, 1.165) is 11.1 Å². The number of aliphatic hydroxyl groups excluding tert-OH is 1. The van der Waals surface area contributed by atoms with Crippen molar-refractivity contribution in [2.24, 2.45) is 5.92 Å². The van der Waals surface area contributed by atoms with Gasteiger partial charge in [0.15, 0.2) is 13.9 Å². The third-order valence-electron chi connectivity index (χ3n) is 10.7. The van der Waals surface area contributed by atoms with Crippen LogP contribution in [0.3, 0.4) is 0 Å². The molecule has 1 saturated heterocycles. The van der Waals surface area contributed by atoms with Crippen LogP contribution in [0.4, 0.5) is 17.1 Å². The number of hydrogen-bond acceptors (Lipinski definition) is 9. The molecular weight excluding hydrogens is 705 g/mol. The molecule has 7 rings (SSSR count). The Morgan fingerprint density at radius 1 is 1.04 bits per heavy atom. The molecule has 13 nitrogen and oxygen atoms in total. The van der Waals surface area contributed by atoms with Crippen LogP contribution < -0.4 is 10.2 Å². The molecule has 1 unspecified atom stereocenters. The van der Waals surface area contributed by atoms with Crippen molar-refractivity contribution in [1.29, 1.82) is 0 Å². The minimum absolute atomic E-state index is 0.139. The lowest BCUT2D eigenvalue weighted by Crippen LogP contribution is -2.46. The zero-order valence-corrected chi connectivity index (χ0v) is 31.2. The zero-order chi connectivity index (χ0) is 38.2. The van der Waals surface area contributed by atoms with E-state index in [0.29, 0.717) is 41.2 Å². The lowest BCUT2D eigenvalue weighted by molar-refractivity contribution is -0.385. The molecule has 4 aromatic carbocycles. The number of aromatic nitrogens is 3. The number of ether oxygens (including phenoxy) is 1. The van der Waals surface area contributed by atoms with Crippen LogP contribution >= 0.6 is 0 Å². The average molecular weight is 747 g/mol. The van der Waals surface area contributed by atoms with E-state index >= 15 is 0 Å². The molecule has 0 radical (unpaired) electrons. The quantitative estimate of drug-likeness (QED) is 0.0787. The molecule has 1 aromatic heterocycles. The summed E-state index contributed by atoms with van der Waals surface area (Å²) in [7, 11) is -3.01. The van der Waals surface area contributed by atoms with Crippen molar-refractivity contribution < 1.29 is 29.2 Å². The van der Waals surface area contributed by atoms with Crippen LogP contribution in [0.15, 0.2) is 109 Å². The van der Waals surface area contributed by atoms with Crippen LogP contribution in [0.2, 0.25) is 18.6 Å². The molecule has 14 heteroatoms. The Kier molecular flexibility index (Phi) is 10.0. The molecule has 5 atom stereocenters. The number of fused-ring (bicyclic) bond motifs is 2. The summed E-state index contributed by atoms with van der Waals surface area (Å²) in [5.74, 6) is -1.46. The van der Waals surface area contributed by atoms with Crippen LogP contribution in [-0.4, -0.2) is 62.7 Å².